The van der Waals surface area contributed by atoms with Gasteiger partial charge in [-0.3, -0.25) is 19.6 Å². The number of likely N-dealkylation sites (tertiary alicyclic amines) is 1. The minimum Gasteiger partial charge on any atom is -0.332 e. The van der Waals surface area contributed by atoms with Gasteiger partial charge in [0.2, 0.25) is 0 Å². The van der Waals surface area contributed by atoms with E-state index in [9.17, 15) is 14.9 Å². The van der Waals surface area contributed by atoms with Crippen molar-refractivity contribution in [3.63, 3.8) is 0 Å². The monoisotopic (exact) mass is 404 g/mol. The molecular formula is C23H24N4O3. The molecule has 2 aromatic carbocycles. The van der Waals surface area contributed by atoms with Crippen molar-refractivity contribution in [2.75, 3.05) is 6.54 Å². The Labute approximate surface area is 175 Å². The van der Waals surface area contributed by atoms with Gasteiger partial charge in [-0.15, -0.1) is 0 Å². The Balaban J connectivity index is 1.50. The Morgan fingerprint density at radius 1 is 1.13 bits per heavy atom. The first-order valence-electron chi connectivity index (χ1n) is 10.1. The Hall–Kier alpha value is -3.48. The van der Waals surface area contributed by atoms with Crippen molar-refractivity contribution in [2.24, 2.45) is 0 Å². The number of amides is 1. The van der Waals surface area contributed by atoms with E-state index >= 15 is 0 Å². The third kappa shape index (κ3) is 3.70. The van der Waals surface area contributed by atoms with Gasteiger partial charge in [0.05, 0.1) is 17.5 Å². The van der Waals surface area contributed by atoms with Crippen LogP contribution in [0.4, 0.5) is 5.69 Å². The molecule has 1 aromatic heterocycles. The van der Waals surface area contributed by atoms with Crippen LogP contribution in [0.5, 0.6) is 0 Å². The van der Waals surface area contributed by atoms with Crippen LogP contribution in [0.25, 0.3) is 0 Å². The Kier molecular flexibility index (Phi) is 5.35. The van der Waals surface area contributed by atoms with Crippen LogP contribution in [0.3, 0.4) is 0 Å². The van der Waals surface area contributed by atoms with Gasteiger partial charge in [-0.05, 0) is 49.9 Å². The Morgan fingerprint density at radius 3 is 2.47 bits per heavy atom. The maximum atomic E-state index is 13.1. The molecule has 0 bridgehead atoms. The van der Waals surface area contributed by atoms with E-state index in [-0.39, 0.29) is 17.6 Å². The second kappa shape index (κ2) is 8.10. The zero-order chi connectivity index (χ0) is 21.3. The second-order valence-corrected chi connectivity index (χ2v) is 7.70. The summed E-state index contributed by atoms with van der Waals surface area (Å²) >= 11 is 0. The summed E-state index contributed by atoms with van der Waals surface area (Å²) in [4.78, 5) is 25.9. The van der Waals surface area contributed by atoms with E-state index < -0.39 is 4.92 Å². The highest BCUT2D eigenvalue weighted by Crippen LogP contribution is 2.33. The predicted octanol–water partition coefficient (Wildman–Crippen LogP) is 4.43. The highest BCUT2D eigenvalue weighted by atomic mass is 16.6. The smallest absolute Gasteiger partial charge is 0.312 e. The highest BCUT2D eigenvalue weighted by Gasteiger charge is 2.30. The summed E-state index contributed by atoms with van der Waals surface area (Å²) in [5.41, 5.74) is 3.76. The van der Waals surface area contributed by atoms with E-state index in [1.807, 2.05) is 47.4 Å². The molecule has 1 aliphatic heterocycles. The summed E-state index contributed by atoms with van der Waals surface area (Å²) in [6, 6.07) is 17.7. The standard InChI is InChI=1S/C23H24N4O3/c1-16-22(27(29)30)17(2)26(24-16)15-18-10-12-20(13-11-18)23(28)25-14-6-9-21(25)19-7-4-3-5-8-19/h3-5,7-8,10-13,21H,6,9,14-15H2,1-2H3. The van der Waals surface area contributed by atoms with Gasteiger partial charge in [0, 0.05) is 12.1 Å². The summed E-state index contributed by atoms with van der Waals surface area (Å²) in [6.07, 6.45) is 1.98. The number of hydrogen-bond acceptors (Lipinski definition) is 4. The zero-order valence-corrected chi connectivity index (χ0v) is 17.1. The third-order valence-corrected chi connectivity index (χ3v) is 5.76. The van der Waals surface area contributed by atoms with E-state index in [1.54, 1.807) is 18.5 Å². The van der Waals surface area contributed by atoms with Crippen molar-refractivity contribution in [1.29, 1.82) is 0 Å². The molecule has 1 amide bonds. The molecule has 0 radical (unpaired) electrons. The van der Waals surface area contributed by atoms with Crippen LogP contribution in [0.15, 0.2) is 54.6 Å². The minimum atomic E-state index is -0.394. The first kappa shape index (κ1) is 19.8. The number of aryl methyl sites for hydroxylation is 1. The molecule has 1 fully saturated rings. The molecule has 0 aliphatic carbocycles. The average molecular weight is 404 g/mol. The molecule has 7 nitrogen and oxygen atoms in total. The molecule has 0 spiro atoms. The third-order valence-electron chi connectivity index (χ3n) is 5.76. The first-order chi connectivity index (χ1) is 14.5. The number of nitro groups is 1. The van der Waals surface area contributed by atoms with E-state index in [0.717, 1.165) is 24.9 Å². The Morgan fingerprint density at radius 2 is 1.83 bits per heavy atom. The molecule has 7 heteroatoms. The van der Waals surface area contributed by atoms with Crippen LogP contribution >= 0.6 is 0 Å². The van der Waals surface area contributed by atoms with Crippen LogP contribution in [0.1, 0.15) is 51.8 Å². The molecule has 0 saturated carbocycles. The largest absolute Gasteiger partial charge is 0.332 e. The molecule has 4 rings (SSSR count). The van der Waals surface area contributed by atoms with Gasteiger partial charge in [0.1, 0.15) is 11.4 Å². The van der Waals surface area contributed by atoms with E-state index in [2.05, 4.69) is 17.2 Å². The van der Waals surface area contributed by atoms with Crippen molar-refractivity contribution in [3.05, 3.63) is 92.8 Å². The number of carbonyl (C=O) groups is 1. The van der Waals surface area contributed by atoms with Crippen molar-refractivity contribution in [3.8, 4) is 0 Å². The molecule has 3 aromatic rings. The van der Waals surface area contributed by atoms with E-state index in [0.29, 0.717) is 23.5 Å². The fraction of sp³-hybridized carbons (Fsp3) is 0.304. The maximum absolute atomic E-state index is 13.1. The lowest BCUT2D eigenvalue weighted by atomic mass is 10.0. The number of rotatable bonds is 5. The molecule has 1 unspecified atom stereocenters. The van der Waals surface area contributed by atoms with Gasteiger partial charge >= 0.3 is 5.69 Å². The average Bonchev–Trinajstić information content (AvgIpc) is 3.33. The topological polar surface area (TPSA) is 81.3 Å². The maximum Gasteiger partial charge on any atom is 0.312 e. The number of aromatic nitrogens is 2. The molecule has 0 N–H and O–H groups in total. The molecule has 2 heterocycles. The Bertz CT molecular complexity index is 1070. The summed E-state index contributed by atoms with van der Waals surface area (Å²) < 4.78 is 1.64. The van der Waals surface area contributed by atoms with Gasteiger partial charge in [0.25, 0.3) is 5.91 Å². The van der Waals surface area contributed by atoms with Crippen LogP contribution in [0.2, 0.25) is 0 Å². The van der Waals surface area contributed by atoms with Crippen molar-refractivity contribution >= 4 is 11.6 Å². The van der Waals surface area contributed by atoms with Gasteiger partial charge in [-0.25, -0.2) is 0 Å². The second-order valence-electron chi connectivity index (χ2n) is 7.70. The van der Waals surface area contributed by atoms with Gasteiger partial charge in [0.15, 0.2) is 0 Å². The summed E-state index contributed by atoms with van der Waals surface area (Å²) in [7, 11) is 0. The van der Waals surface area contributed by atoms with Crippen LogP contribution in [0, 0.1) is 24.0 Å². The fourth-order valence-electron chi connectivity index (χ4n) is 4.23. The molecule has 1 atom stereocenters. The lowest BCUT2D eigenvalue weighted by Gasteiger charge is -2.25. The summed E-state index contributed by atoms with van der Waals surface area (Å²) in [5.74, 6) is 0.0367. The fourth-order valence-corrected chi connectivity index (χ4v) is 4.23. The van der Waals surface area contributed by atoms with Crippen LogP contribution in [-0.2, 0) is 6.54 Å². The van der Waals surface area contributed by atoms with Crippen molar-refractivity contribution in [1.82, 2.24) is 14.7 Å². The number of benzene rings is 2. The van der Waals surface area contributed by atoms with E-state index in [1.165, 1.54) is 5.56 Å². The van der Waals surface area contributed by atoms with Gasteiger partial charge in [-0.2, -0.15) is 5.10 Å². The summed E-state index contributed by atoms with van der Waals surface area (Å²) in [6.45, 7) is 4.52. The van der Waals surface area contributed by atoms with Crippen LogP contribution in [-0.4, -0.2) is 32.1 Å². The zero-order valence-electron chi connectivity index (χ0n) is 17.1. The van der Waals surface area contributed by atoms with Gasteiger partial charge < -0.3 is 4.90 Å². The molecule has 1 aliphatic rings. The molecule has 154 valence electrons. The van der Waals surface area contributed by atoms with Crippen LogP contribution < -0.4 is 0 Å². The highest BCUT2D eigenvalue weighted by molar-refractivity contribution is 5.94. The lowest BCUT2D eigenvalue weighted by molar-refractivity contribution is -0.386. The van der Waals surface area contributed by atoms with Gasteiger partial charge in [-0.1, -0.05) is 42.5 Å². The summed E-state index contributed by atoms with van der Waals surface area (Å²) in [5, 5.41) is 15.5. The number of hydrogen-bond donors (Lipinski definition) is 0. The molecule has 30 heavy (non-hydrogen) atoms. The molecular weight excluding hydrogens is 380 g/mol. The first-order valence-corrected chi connectivity index (χ1v) is 10.1. The number of nitrogens with zero attached hydrogens (tertiary/aromatic N) is 4. The SMILES string of the molecule is Cc1nn(Cc2ccc(C(=O)N3CCCC3c3ccccc3)cc2)c(C)c1[N+](=O)[O-]. The van der Waals surface area contributed by atoms with E-state index in [4.69, 9.17) is 0 Å². The van der Waals surface area contributed by atoms with Crippen molar-refractivity contribution < 1.29 is 9.72 Å². The molecule has 1 saturated heterocycles. The van der Waals surface area contributed by atoms with Crippen molar-refractivity contribution in [2.45, 2.75) is 39.3 Å². The minimum absolute atomic E-state index is 0.0367. The predicted molar refractivity (Wildman–Crippen MR) is 113 cm³/mol. The number of carbonyl (C=O) groups excluding carboxylic acids is 1. The quantitative estimate of drug-likeness (QED) is 0.465. The lowest BCUT2D eigenvalue weighted by Crippen LogP contribution is -2.30. The normalized spacial score (nSPS) is 16.1.